The molecule has 0 saturated carbocycles. The average molecular weight is 322 g/mol. The summed E-state index contributed by atoms with van der Waals surface area (Å²) in [7, 11) is 0. The molecule has 0 unspecified atom stereocenters. The van der Waals surface area contributed by atoms with Crippen LogP contribution in [0.1, 0.15) is 72.6 Å². The molecule has 0 radical (unpaired) electrons. The Hall–Kier alpha value is -1.76. The van der Waals surface area contributed by atoms with E-state index >= 15 is 0 Å². The first-order valence-electron chi connectivity index (χ1n) is 9.09. The second-order valence-corrected chi connectivity index (χ2v) is 9.43. The van der Waals surface area contributed by atoms with Gasteiger partial charge in [0.05, 0.1) is 0 Å². The van der Waals surface area contributed by atoms with Crippen LogP contribution < -0.4 is 0 Å². The van der Waals surface area contributed by atoms with Gasteiger partial charge in [-0.3, -0.25) is 0 Å². The van der Waals surface area contributed by atoms with Crippen LogP contribution in [0, 0.1) is 0 Å². The lowest BCUT2D eigenvalue weighted by Gasteiger charge is -2.21. The normalized spacial score (nSPS) is 13.4. The van der Waals surface area contributed by atoms with Gasteiger partial charge in [0.2, 0.25) is 0 Å². The molecule has 1 heterocycles. The van der Waals surface area contributed by atoms with Gasteiger partial charge in [0.1, 0.15) is 0 Å². The fraction of sp³-hybridized carbons (Fsp3) is 0.478. The van der Waals surface area contributed by atoms with E-state index in [0.29, 0.717) is 6.04 Å². The van der Waals surface area contributed by atoms with Crippen molar-refractivity contribution in [3.05, 3.63) is 47.5 Å². The lowest BCUT2D eigenvalue weighted by molar-refractivity contribution is 0.587. The summed E-state index contributed by atoms with van der Waals surface area (Å²) in [5.41, 5.74) is 5.86. The summed E-state index contributed by atoms with van der Waals surface area (Å²) >= 11 is 0. The third kappa shape index (κ3) is 2.75. The molecule has 1 aromatic heterocycles. The largest absolute Gasteiger partial charge is 0.338 e. The van der Waals surface area contributed by atoms with Crippen molar-refractivity contribution in [2.24, 2.45) is 0 Å². The van der Waals surface area contributed by atoms with Gasteiger partial charge in [0.25, 0.3) is 0 Å². The highest BCUT2D eigenvalue weighted by molar-refractivity contribution is 6.08. The molecule has 3 aromatic rings. The van der Waals surface area contributed by atoms with Crippen LogP contribution >= 0.6 is 0 Å². The molecule has 3 rings (SSSR count). The molecule has 0 bridgehead atoms. The molecule has 128 valence electrons. The third-order valence-electron chi connectivity index (χ3n) is 5.05. The zero-order valence-corrected chi connectivity index (χ0v) is 16.5. The smallest absolute Gasteiger partial charge is 0.0496 e. The van der Waals surface area contributed by atoms with E-state index in [-0.39, 0.29) is 10.8 Å². The topological polar surface area (TPSA) is 4.93 Å². The summed E-state index contributed by atoms with van der Waals surface area (Å²) in [6, 6.07) is 14.4. The number of aromatic nitrogens is 1. The fourth-order valence-electron chi connectivity index (χ4n) is 3.54. The van der Waals surface area contributed by atoms with Crippen molar-refractivity contribution < 1.29 is 0 Å². The predicted molar refractivity (Wildman–Crippen MR) is 107 cm³/mol. The first-order valence-corrected chi connectivity index (χ1v) is 9.09. The third-order valence-corrected chi connectivity index (χ3v) is 5.05. The van der Waals surface area contributed by atoms with Crippen molar-refractivity contribution in [2.45, 2.75) is 72.3 Å². The van der Waals surface area contributed by atoms with E-state index in [4.69, 9.17) is 0 Å². The van der Waals surface area contributed by atoms with Gasteiger partial charge < -0.3 is 4.57 Å². The second-order valence-electron chi connectivity index (χ2n) is 9.43. The van der Waals surface area contributed by atoms with E-state index in [1.807, 2.05) is 0 Å². The van der Waals surface area contributed by atoms with E-state index in [1.54, 1.807) is 0 Å². The second kappa shape index (κ2) is 5.37. The van der Waals surface area contributed by atoms with Gasteiger partial charge in [-0.1, -0.05) is 65.8 Å². The lowest BCUT2D eigenvalue weighted by Crippen LogP contribution is -2.11. The number of rotatable bonds is 1. The highest BCUT2D eigenvalue weighted by Crippen LogP contribution is 2.36. The van der Waals surface area contributed by atoms with Crippen LogP contribution in [0.2, 0.25) is 0 Å². The van der Waals surface area contributed by atoms with E-state index in [0.717, 1.165) is 0 Å². The Morgan fingerprint density at radius 3 is 1.33 bits per heavy atom. The molecule has 0 saturated heterocycles. The molecule has 0 atom stereocenters. The molecule has 24 heavy (non-hydrogen) atoms. The van der Waals surface area contributed by atoms with Crippen LogP contribution in [0.4, 0.5) is 0 Å². The molecular weight excluding hydrogens is 290 g/mol. The molecule has 0 aliphatic carbocycles. The molecule has 0 fully saturated rings. The van der Waals surface area contributed by atoms with Gasteiger partial charge in [-0.25, -0.2) is 0 Å². The molecule has 2 aromatic carbocycles. The van der Waals surface area contributed by atoms with Crippen LogP contribution in [-0.2, 0) is 10.8 Å². The standard InChI is InChI=1S/C23H31N/c1-15(2)24-20-13-16(22(3,4)5)9-11-18(20)19-12-10-17(14-21(19)24)23(6,7)8/h9-15H,1-8H3. The summed E-state index contributed by atoms with van der Waals surface area (Å²) < 4.78 is 2.51. The zero-order valence-electron chi connectivity index (χ0n) is 16.5. The zero-order chi connectivity index (χ0) is 17.9. The van der Waals surface area contributed by atoms with E-state index in [9.17, 15) is 0 Å². The monoisotopic (exact) mass is 321 g/mol. The van der Waals surface area contributed by atoms with Gasteiger partial charge in [-0.05, 0) is 47.9 Å². The highest BCUT2D eigenvalue weighted by Gasteiger charge is 2.20. The van der Waals surface area contributed by atoms with Gasteiger partial charge >= 0.3 is 0 Å². The van der Waals surface area contributed by atoms with Gasteiger partial charge in [0, 0.05) is 27.8 Å². The van der Waals surface area contributed by atoms with Crippen molar-refractivity contribution in [2.75, 3.05) is 0 Å². The van der Waals surface area contributed by atoms with Crippen molar-refractivity contribution in [1.29, 1.82) is 0 Å². The number of nitrogens with zero attached hydrogens (tertiary/aromatic N) is 1. The quantitative estimate of drug-likeness (QED) is 0.456. The maximum absolute atomic E-state index is 2.51. The van der Waals surface area contributed by atoms with Crippen LogP contribution in [-0.4, -0.2) is 4.57 Å². The van der Waals surface area contributed by atoms with Crippen molar-refractivity contribution >= 4 is 21.8 Å². The first kappa shape index (κ1) is 17.1. The molecule has 1 heteroatoms. The van der Waals surface area contributed by atoms with E-state index in [1.165, 1.54) is 32.9 Å². The minimum absolute atomic E-state index is 0.170. The van der Waals surface area contributed by atoms with E-state index in [2.05, 4.69) is 96.4 Å². The number of benzene rings is 2. The molecule has 1 nitrogen and oxygen atoms in total. The van der Waals surface area contributed by atoms with Gasteiger partial charge in [-0.15, -0.1) is 0 Å². The highest BCUT2D eigenvalue weighted by atomic mass is 15.0. The Morgan fingerprint density at radius 2 is 1.04 bits per heavy atom. The van der Waals surface area contributed by atoms with Crippen molar-refractivity contribution in [1.82, 2.24) is 4.57 Å². The summed E-state index contributed by atoms with van der Waals surface area (Å²) in [6.45, 7) is 18.3. The average Bonchev–Trinajstić information content (AvgIpc) is 2.78. The minimum atomic E-state index is 0.170. The minimum Gasteiger partial charge on any atom is -0.338 e. The van der Waals surface area contributed by atoms with Gasteiger partial charge in [-0.2, -0.15) is 0 Å². The summed E-state index contributed by atoms with van der Waals surface area (Å²) in [4.78, 5) is 0. The number of hydrogen-bond acceptors (Lipinski definition) is 0. The van der Waals surface area contributed by atoms with Crippen LogP contribution in [0.25, 0.3) is 21.8 Å². The van der Waals surface area contributed by atoms with Gasteiger partial charge in [0.15, 0.2) is 0 Å². The summed E-state index contributed by atoms with van der Waals surface area (Å²) in [5, 5.41) is 2.74. The maximum atomic E-state index is 2.51. The molecule has 0 amide bonds. The van der Waals surface area contributed by atoms with Crippen LogP contribution in [0.3, 0.4) is 0 Å². The Labute approximate surface area is 146 Å². The van der Waals surface area contributed by atoms with Crippen LogP contribution in [0.5, 0.6) is 0 Å². The van der Waals surface area contributed by atoms with Crippen LogP contribution in [0.15, 0.2) is 36.4 Å². The molecule has 0 N–H and O–H groups in total. The number of hydrogen-bond donors (Lipinski definition) is 0. The Balaban J connectivity index is 2.41. The lowest BCUT2D eigenvalue weighted by atomic mass is 9.86. The predicted octanol–water partition coefficient (Wildman–Crippen LogP) is 6.97. The Kier molecular flexibility index (Phi) is 3.82. The van der Waals surface area contributed by atoms with Crippen molar-refractivity contribution in [3.63, 3.8) is 0 Å². The summed E-state index contributed by atoms with van der Waals surface area (Å²) in [5.74, 6) is 0. The maximum Gasteiger partial charge on any atom is 0.0496 e. The first-order chi connectivity index (χ1) is 11.0. The fourth-order valence-corrected chi connectivity index (χ4v) is 3.54. The molecule has 0 spiro atoms. The Bertz CT molecular complexity index is 824. The number of fused-ring (bicyclic) bond motifs is 3. The van der Waals surface area contributed by atoms with E-state index < -0.39 is 0 Å². The van der Waals surface area contributed by atoms with Crippen molar-refractivity contribution in [3.8, 4) is 0 Å². The summed E-state index contributed by atoms with van der Waals surface area (Å²) in [6.07, 6.45) is 0. The molecular formula is C23H31N. The molecule has 0 aliphatic rings. The molecule has 0 aliphatic heterocycles. The Morgan fingerprint density at radius 1 is 0.667 bits per heavy atom. The SMILES string of the molecule is CC(C)n1c2cc(C(C)(C)C)ccc2c2ccc(C(C)(C)C)cc21.